The minimum Gasteiger partial charge on any atom is -0.461 e. The Morgan fingerprint density at radius 2 is 2.00 bits per heavy atom. The van der Waals surface area contributed by atoms with Gasteiger partial charge in [0, 0.05) is 17.0 Å². The van der Waals surface area contributed by atoms with E-state index in [1.165, 1.54) is 5.01 Å². The van der Waals surface area contributed by atoms with Gasteiger partial charge in [0.25, 0.3) is 5.91 Å². The van der Waals surface area contributed by atoms with Gasteiger partial charge in [0.1, 0.15) is 5.71 Å². The van der Waals surface area contributed by atoms with Crippen molar-refractivity contribution >= 4 is 29.2 Å². The normalized spacial score (nSPS) is 18.6. The number of ether oxygens (including phenoxy) is 1. The highest BCUT2D eigenvalue weighted by Crippen LogP contribution is 2.49. The molecule has 0 unspecified atom stereocenters. The van der Waals surface area contributed by atoms with Crippen LogP contribution in [0.15, 0.2) is 29.4 Å². The van der Waals surface area contributed by atoms with E-state index >= 15 is 0 Å². The van der Waals surface area contributed by atoms with Gasteiger partial charge in [0.05, 0.1) is 12.1 Å². The molecule has 5 nitrogen and oxygen atoms in total. The van der Waals surface area contributed by atoms with Crippen molar-refractivity contribution in [3.8, 4) is 0 Å². The summed E-state index contributed by atoms with van der Waals surface area (Å²) in [6, 6.07) is 6.66. The maximum absolute atomic E-state index is 12.6. The van der Waals surface area contributed by atoms with E-state index in [1.807, 2.05) is 0 Å². The molecule has 0 aromatic heterocycles. The molecule has 1 aliphatic carbocycles. The van der Waals surface area contributed by atoms with Crippen molar-refractivity contribution in [3.05, 3.63) is 34.9 Å². The number of carbonyl (C=O) groups excluding carboxylic acids is 2. The molecule has 2 aliphatic rings. The van der Waals surface area contributed by atoms with Gasteiger partial charge in [-0.15, -0.1) is 0 Å². The predicted octanol–water partition coefficient (Wildman–Crippen LogP) is 2.64. The van der Waals surface area contributed by atoms with E-state index in [-0.39, 0.29) is 11.4 Å². The molecule has 0 radical (unpaired) electrons. The van der Waals surface area contributed by atoms with Crippen molar-refractivity contribution < 1.29 is 14.3 Å². The van der Waals surface area contributed by atoms with Gasteiger partial charge >= 0.3 is 5.97 Å². The Bertz CT molecular complexity index is 620. The Hall–Kier alpha value is -1.88. The number of nitrogens with zero attached hydrogens (tertiary/aromatic N) is 2. The van der Waals surface area contributed by atoms with E-state index in [9.17, 15) is 9.59 Å². The minimum atomic E-state index is -0.435. The maximum atomic E-state index is 12.6. The molecule has 0 N–H and O–H groups in total. The van der Waals surface area contributed by atoms with Crippen molar-refractivity contribution in [2.45, 2.75) is 31.7 Å². The van der Waals surface area contributed by atoms with Crippen LogP contribution in [0.2, 0.25) is 5.02 Å². The SMILES string of the molecule is CCOC(=O)C1=NN(C(=O)c2ccc(Cl)cc2)C2(CC2)C1. The maximum Gasteiger partial charge on any atom is 0.354 e. The standard InChI is InChI=1S/C15H15ClN2O3/c1-2-21-14(20)12-9-15(7-8-15)18(17-12)13(19)10-3-5-11(16)6-4-10/h3-6H,2,7-9H2,1H3. The molecule has 110 valence electrons. The van der Waals surface area contributed by atoms with Crippen LogP contribution in [0.5, 0.6) is 0 Å². The molecule has 1 amide bonds. The Morgan fingerprint density at radius 1 is 1.33 bits per heavy atom. The first-order chi connectivity index (χ1) is 10.1. The molecule has 6 heteroatoms. The molecule has 1 aliphatic heterocycles. The van der Waals surface area contributed by atoms with E-state index < -0.39 is 5.97 Å². The largest absolute Gasteiger partial charge is 0.461 e. The summed E-state index contributed by atoms with van der Waals surface area (Å²) in [4.78, 5) is 24.4. The van der Waals surface area contributed by atoms with E-state index in [0.717, 1.165) is 12.8 Å². The molecule has 0 saturated heterocycles. The quantitative estimate of drug-likeness (QED) is 0.807. The fourth-order valence-electron chi connectivity index (χ4n) is 2.48. The number of hydrazone groups is 1. The molecule has 0 bridgehead atoms. The summed E-state index contributed by atoms with van der Waals surface area (Å²) in [7, 11) is 0. The van der Waals surface area contributed by atoms with Crippen LogP contribution in [0.1, 0.15) is 36.5 Å². The third-order valence-corrected chi connectivity index (χ3v) is 4.04. The van der Waals surface area contributed by atoms with Crippen molar-refractivity contribution in [1.82, 2.24) is 5.01 Å². The molecule has 3 rings (SSSR count). The summed E-state index contributed by atoms with van der Waals surface area (Å²) in [6.45, 7) is 2.05. The first-order valence-corrected chi connectivity index (χ1v) is 7.28. The van der Waals surface area contributed by atoms with Crippen LogP contribution in [-0.2, 0) is 9.53 Å². The molecule has 1 saturated carbocycles. The summed E-state index contributed by atoms with van der Waals surface area (Å²) in [6.07, 6.45) is 2.20. The lowest BCUT2D eigenvalue weighted by Gasteiger charge is -2.20. The van der Waals surface area contributed by atoms with E-state index in [0.29, 0.717) is 29.3 Å². The molecule has 1 fully saturated rings. The molecule has 0 atom stereocenters. The van der Waals surface area contributed by atoms with Gasteiger partial charge in [-0.2, -0.15) is 5.10 Å². The Morgan fingerprint density at radius 3 is 2.57 bits per heavy atom. The lowest BCUT2D eigenvalue weighted by atomic mass is 10.1. The van der Waals surface area contributed by atoms with Gasteiger partial charge in [-0.25, -0.2) is 9.80 Å². The molecule has 21 heavy (non-hydrogen) atoms. The Kier molecular flexibility index (Phi) is 3.45. The number of carbonyl (C=O) groups is 2. The van der Waals surface area contributed by atoms with Gasteiger partial charge in [0.15, 0.2) is 0 Å². The average Bonchev–Trinajstić information content (AvgIpc) is 3.12. The molecule has 1 aromatic carbocycles. The third kappa shape index (κ3) is 2.53. The summed E-state index contributed by atoms with van der Waals surface area (Å²) < 4.78 is 4.97. The van der Waals surface area contributed by atoms with E-state index in [4.69, 9.17) is 16.3 Å². The number of esters is 1. The summed E-state index contributed by atoms with van der Waals surface area (Å²) >= 11 is 5.83. The number of hydrogen-bond donors (Lipinski definition) is 0. The van der Waals surface area contributed by atoms with Crippen LogP contribution < -0.4 is 0 Å². The highest BCUT2D eigenvalue weighted by atomic mass is 35.5. The number of halogens is 1. The summed E-state index contributed by atoms with van der Waals surface area (Å²) in [5, 5.41) is 6.23. The average molecular weight is 307 g/mol. The Labute approximate surface area is 127 Å². The zero-order chi connectivity index (χ0) is 15.0. The molecule has 1 spiro atoms. The minimum absolute atomic E-state index is 0.205. The molecular formula is C15H15ClN2O3. The highest BCUT2D eigenvalue weighted by Gasteiger charge is 2.56. The highest BCUT2D eigenvalue weighted by molar-refractivity contribution is 6.37. The van der Waals surface area contributed by atoms with E-state index in [1.54, 1.807) is 31.2 Å². The topological polar surface area (TPSA) is 59.0 Å². The van der Waals surface area contributed by atoms with Crippen molar-refractivity contribution in [2.24, 2.45) is 5.10 Å². The third-order valence-electron chi connectivity index (χ3n) is 3.79. The van der Waals surface area contributed by atoms with Crippen LogP contribution in [0.4, 0.5) is 0 Å². The molecular weight excluding hydrogens is 292 g/mol. The molecule has 1 heterocycles. The zero-order valence-electron chi connectivity index (χ0n) is 11.6. The van der Waals surface area contributed by atoms with Crippen molar-refractivity contribution in [2.75, 3.05) is 6.61 Å². The molecule has 1 aromatic rings. The second-order valence-corrected chi connectivity index (χ2v) is 5.73. The van der Waals surface area contributed by atoms with Crippen LogP contribution in [0.3, 0.4) is 0 Å². The van der Waals surface area contributed by atoms with Crippen LogP contribution in [-0.4, -0.2) is 34.7 Å². The predicted molar refractivity (Wildman–Crippen MR) is 78.3 cm³/mol. The van der Waals surface area contributed by atoms with Crippen LogP contribution in [0.25, 0.3) is 0 Å². The summed E-state index contributed by atoms with van der Waals surface area (Å²) in [5.41, 5.74) is 0.523. The van der Waals surface area contributed by atoms with E-state index in [2.05, 4.69) is 5.10 Å². The number of amides is 1. The number of benzene rings is 1. The van der Waals surface area contributed by atoms with Gasteiger partial charge in [0.2, 0.25) is 0 Å². The van der Waals surface area contributed by atoms with Crippen molar-refractivity contribution in [1.29, 1.82) is 0 Å². The fraction of sp³-hybridized carbons (Fsp3) is 0.400. The lowest BCUT2D eigenvalue weighted by Crippen LogP contribution is -2.34. The summed E-state index contributed by atoms with van der Waals surface area (Å²) in [5.74, 6) is -0.640. The second kappa shape index (κ2) is 5.15. The first kappa shape index (κ1) is 14.1. The van der Waals surface area contributed by atoms with Crippen LogP contribution in [0, 0.1) is 0 Å². The Balaban J connectivity index is 1.84. The smallest absolute Gasteiger partial charge is 0.354 e. The lowest BCUT2D eigenvalue weighted by molar-refractivity contribution is -0.135. The van der Waals surface area contributed by atoms with Gasteiger partial charge in [-0.3, -0.25) is 4.79 Å². The van der Waals surface area contributed by atoms with Gasteiger partial charge in [-0.1, -0.05) is 11.6 Å². The van der Waals surface area contributed by atoms with Crippen molar-refractivity contribution in [3.63, 3.8) is 0 Å². The fourth-order valence-corrected chi connectivity index (χ4v) is 2.61. The van der Waals surface area contributed by atoms with Gasteiger partial charge in [-0.05, 0) is 44.0 Å². The monoisotopic (exact) mass is 306 g/mol. The number of rotatable bonds is 3. The van der Waals surface area contributed by atoms with Gasteiger partial charge < -0.3 is 4.74 Å². The van der Waals surface area contributed by atoms with Crippen LogP contribution >= 0.6 is 11.6 Å². The number of hydrogen-bond acceptors (Lipinski definition) is 4. The zero-order valence-corrected chi connectivity index (χ0v) is 12.4. The first-order valence-electron chi connectivity index (χ1n) is 6.90. The second-order valence-electron chi connectivity index (χ2n) is 5.29.